The third-order valence-electron chi connectivity index (χ3n) is 6.06. The molecule has 35 heavy (non-hydrogen) atoms. The summed E-state index contributed by atoms with van der Waals surface area (Å²) in [4.78, 5) is 24.2. The Kier molecular flexibility index (Phi) is 6.59. The summed E-state index contributed by atoms with van der Waals surface area (Å²) in [7, 11) is 2.64. The van der Waals surface area contributed by atoms with Crippen LogP contribution in [0, 0.1) is 13.8 Å². The number of carbonyl (C=O) groups is 2. The van der Waals surface area contributed by atoms with Crippen molar-refractivity contribution in [3.8, 4) is 17.1 Å². The molecule has 0 saturated heterocycles. The summed E-state index contributed by atoms with van der Waals surface area (Å²) in [5.74, 6) is -0.00495. The number of aryl methyl sites for hydroxylation is 2. The number of methoxy groups -OCH3 is 2. The molecule has 0 fully saturated rings. The lowest BCUT2D eigenvalue weighted by atomic mass is 10.1. The Morgan fingerprint density at radius 1 is 0.800 bits per heavy atom. The highest BCUT2D eigenvalue weighted by Crippen LogP contribution is 2.33. The molecule has 0 atom stereocenters. The van der Waals surface area contributed by atoms with Crippen LogP contribution >= 0.6 is 0 Å². The quantitative estimate of drug-likeness (QED) is 0.366. The van der Waals surface area contributed by atoms with Crippen LogP contribution in [0.3, 0.4) is 0 Å². The predicted octanol–water partition coefficient (Wildman–Crippen LogP) is 4.88. The van der Waals surface area contributed by atoms with Gasteiger partial charge >= 0.3 is 12.1 Å². The first-order valence-corrected chi connectivity index (χ1v) is 11.4. The van der Waals surface area contributed by atoms with E-state index in [0.717, 1.165) is 22.1 Å². The number of ether oxygens (including phenoxy) is 3. The van der Waals surface area contributed by atoms with Gasteiger partial charge in [0.1, 0.15) is 11.3 Å². The molecule has 0 spiro atoms. The van der Waals surface area contributed by atoms with Crippen LogP contribution in [0.15, 0.2) is 36.4 Å². The molecule has 2 aromatic carbocycles. The average molecular weight is 477 g/mol. The summed E-state index contributed by atoms with van der Waals surface area (Å²) in [5, 5.41) is 11.3. The highest BCUT2D eigenvalue weighted by atomic mass is 16.7. The maximum absolute atomic E-state index is 12.4. The SMILES string of the molecule is CCc1nn(-c2cccc3c(-n4nc(CC)c(C(=O)OC)c4C)cccc23)c(C)c1OC(=O)OC. The zero-order chi connectivity index (χ0) is 25.3. The molecule has 0 radical (unpaired) electrons. The molecule has 2 aromatic heterocycles. The van der Waals surface area contributed by atoms with Gasteiger partial charge in [0, 0.05) is 10.8 Å². The zero-order valence-corrected chi connectivity index (χ0v) is 20.7. The van der Waals surface area contributed by atoms with Crippen molar-refractivity contribution in [2.45, 2.75) is 40.5 Å². The minimum absolute atomic E-state index is 0.394. The Balaban J connectivity index is 1.92. The van der Waals surface area contributed by atoms with E-state index in [1.165, 1.54) is 14.2 Å². The molecule has 182 valence electrons. The lowest BCUT2D eigenvalue weighted by molar-refractivity contribution is 0.0598. The van der Waals surface area contributed by atoms with Crippen LogP contribution in [-0.4, -0.2) is 45.9 Å². The van der Waals surface area contributed by atoms with E-state index in [4.69, 9.17) is 19.7 Å². The fourth-order valence-electron chi connectivity index (χ4n) is 4.33. The van der Waals surface area contributed by atoms with Gasteiger partial charge < -0.3 is 14.2 Å². The summed E-state index contributed by atoms with van der Waals surface area (Å²) in [5.41, 5.74) is 4.87. The van der Waals surface area contributed by atoms with Crippen LogP contribution in [0.1, 0.15) is 47.0 Å². The van der Waals surface area contributed by atoms with E-state index >= 15 is 0 Å². The normalized spacial score (nSPS) is 11.0. The van der Waals surface area contributed by atoms with E-state index < -0.39 is 12.1 Å². The number of rotatable bonds is 6. The molecular weight excluding hydrogens is 448 g/mol. The minimum Gasteiger partial charge on any atom is -0.465 e. The fourth-order valence-corrected chi connectivity index (χ4v) is 4.33. The van der Waals surface area contributed by atoms with Crippen molar-refractivity contribution in [3.63, 3.8) is 0 Å². The number of hydrogen-bond acceptors (Lipinski definition) is 7. The summed E-state index contributed by atoms with van der Waals surface area (Å²) in [6.07, 6.45) is 0.396. The number of fused-ring (bicyclic) bond motifs is 1. The van der Waals surface area contributed by atoms with Crippen molar-refractivity contribution >= 4 is 22.9 Å². The number of hydrogen-bond donors (Lipinski definition) is 0. The van der Waals surface area contributed by atoms with Gasteiger partial charge in [0.25, 0.3) is 0 Å². The van der Waals surface area contributed by atoms with E-state index in [1.807, 2.05) is 64.1 Å². The van der Waals surface area contributed by atoms with Gasteiger partial charge in [-0.05, 0) is 38.8 Å². The molecule has 4 aromatic rings. The van der Waals surface area contributed by atoms with Gasteiger partial charge in [-0.1, -0.05) is 38.1 Å². The van der Waals surface area contributed by atoms with Gasteiger partial charge in [-0.25, -0.2) is 19.0 Å². The number of nitrogens with zero attached hydrogens (tertiary/aromatic N) is 4. The van der Waals surface area contributed by atoms with Crippen LogP contribution in [0.2, 0.25) is 0 Å². The molecule has 4 rings (SSSR count). The van der Waals surface area contributed by atoms with E-state index in [2.05, 4.69) is 4.74 Å². The van der Waals surface area contributed by atoms with Crippen LogP contribution in [0.5, 0.6) is 5.75 Å². The standard InChI is InChI=1S/C26H28N4O5/c1-7-19-23(25(31)33-5)15(3)29(27-19)21-13-9-12-18-17(21)11-10-14-22(18)30-16(4)24(20(8-2)28-30)35-26(32)34-6/h9-14H,7-8H2,1-6H3. The number of carbonyl (C=O) groups excluding carboxylic acids is 2. The molecule has 0 unspecified atom stereocenters. The second-order valence-electron chi connectivity index (χ2n) is 8.00. The number of benzene rings is 2. The van der Waals surface area contributed by atoms with Gasteiger partial charge in [-0.15, -0.1) is 0 Å². The highest BCUT2D eigenvalue weighted by molar-refractivity contribution is 5.97. The predicted molar refractivity (Wildman–Crippen MR) is 131 cm³/mol. The maximum Gasteiger partial charge on any atom is 0.513 e. The van der Waals surface area contributed by atoms with E-state index in [1.54, 1.807) is 9.36 Å². The Hall–Kier alpha value is -4.14. The molecule has 9 nitrogen and oxygen atoms in total. The molecule has 0 amide bonds. The third-order valence-corrected chi connectivity index (χ3v) is 6.06. The van der Waals surface area contributed by atoms with Crippen LogP contribution in [0.4, 0.5) is 4.79 Å². The van der Waals surface area contributed by atoms with Gasteiger partial charge in [0.05, 0.1) is 42.7 Å². The van der Waals surface area contributed by atoms with Crippen LogP contribution in [0.25, 0.3) is 22.1 Å². The molecule has 9 heteroatoms. The van der Waals surface area contributed by atoms with Crippen LogP contribution in [-0.2, 0) is 22.3 Å². The van der Waals surface area contributed by atoms with Crippen molar-refractivity contribution in [1.82, 2.24) is 19.6 Å². The molecule has 0 aliphatic heterocycles. The van der Waals surface area contributed by atoms with Crippen molar-refractivity contribution in [2.24, 2.45) is 0 Å². The van der Waals surface area contributed by atoms with Gasteiger partial charge in [0.2, 0.25) is 0 Å². The van der Waals surface area contributed by atoms with Gasteiger partial charge in [-0.2, -0.15) is 10.2 Å². The summed E-state index contributed by atoms with van der Waals surface area (Å²) >= 11 is 0. The first kappa shape index (κ1) is 24.0. The van der Waals surface area contributed by atoms with Crippen molar-refractivity contribution in [3.05, 3.63) is 64.7 Å². The molecule has 0 bridgehead atoms. The van der Waals surface area contributed by atoms with E-state index in [0.29, 0.717) is 46.9 Å². The zero-order valence-electron chi connectivity index (χ0n) is 20.7. The van der Waals surface area contributed by atoms with Crippen LogP contribution < -0.4 is 4.74 Å². The van der Waals surface area contributed by atoms with Crippen molar-refractivity contribution < 1.29 is 23.8 Å². The second kappa shape index (κ2) is 9.61. The summed E-state index contributed by atoms with van der Waals surface area (Å²) in [6.45, 7) is 7.62. The largest absolute Gasteiger partial charge is 0.513 e. The first-order valence-electron chi connectivity index (χ1n) is 11.4. The third kappa shape index (κ3) is 4.03. The topological polar surface area (TPSA) is 97.5 Å². The monoisotopic (exact) mass is 476 g/mol. The van der Waals surface area contributed by atoms with Gasteiger partial charge in [-0.3, -0.25) is 0 Å². The lowest BCUT2D eigenvalue weighted by Crippen LogP contribution is -2.09. The van der Waals surface area contributed by atoms with Crippen molar-refractivity contribution in [2.75, 3.05) is 14.2 Å². The Bertz CT molecular complexity index is 1430. The minimum atomic E-state index is -0.787. The van der Waals surface area contributed by atoms with E-state index in [-0.39, 0.29) is 0 Å². The lowest BCUT2D eigenvalue weighted by Gasteiger charge is -2.13. The number of esters is 1. The maximum atomic E-state index is 12.4. The molecular formula is C26H28N4O5. The van der Waals surface area contributed by atoms with E-state index in [9.17, 15) is 9.59 Å². The Labute approximate surface area is 203 Å². The average Bonchev–Trinajstić information content (AvgIpc) is 3.38. The number of aromatic nitrogens is 4. The smallest absolute Gasteiger partial charge is 0.465 e. The Morgan fingerprint density at radius 2 is 1.34 bits per heavy atom. The second-order valence-corrected chi connectivity index (χ2v) is 8.00. The molecule has 0 aliphatic rings. The molecule has 2 heterocycles. The Morgan fingerprint density at radius 3 is 1.86 bits per heavy atom. The molecule has 0 aliphatic carbocycles. The van der Waals surface area contributed by atoms with Gasteiger partial charge in [0.15, 0.2) is 5.75 Å². The van der Waals surface area contributed by atoms with Crippen molar-refractivity contribution in [1.29, 1.82) is 0 Å². The molecule has 0 saturated carbocycles. The molecule has 0 N–H and O–H groups in total. The summed E-state index contributed by atoms with van der Waals surface area (Å²) in [6, 6.07) is 11.8. The first-order chi connectivity index (χ1) is 16.9. The highest BCUT2D eigenvalue weighted by Gasteiger charge is 2.24. The fraction of sp³-hybridized carbons (Fsp3) is 0.308. The summed E-state index contributed by atoms with van der Waals surface area (Å²) < 4.78 is 18.6.